The van der Waals surface area contributed by atoms with Crippen LogP contribution in [0.4, 0.5) is 0 Å². The number of rotatable bonds is 3. The third-order valence-electron chi connectivity index (χ3n) is 12.0. The number of morpholine rings is 1. The molecule has 224 valence electrons. The zero-order valence-electron chi connectivity index (χ0n) is 24.8. The molecule has 7 atom stereocenters. The zero-order chi connectivity index (χ0) is 29.3. The quantitative estimate of drug-likeness (QED) is 0.537. The molecule has 2 saturated carbocycles. The lowest BCUT2D eigenvalue weighted by molar-refractivity contribution is -0.277. The van der Waals surface area contributed by atoms with E-state index in [1.54, 1.807) is 6.08 Å². The van der Waals surface area contributed by atoms with Gasteiger partial charge in [-0.3, -0.25) is 14.5 Å². The van der Waals surface area contributed by atoms with Gasteiger partial charge in [-0.1, -0.05) is 32.0 Å². The Morgan fingerprint density at radius 3 is 2.69 bits per heavy atom. The number of aromatic nitrogens is 1. The van der Waals surface area contributed by atoms with Crippen LogP contribution in [0.3, 0.4) is 0 Å². The smallest absolute Gasteiger partial charge is 0.320 e. The van der Waals surface area contributed by atoms with Crippen LogP contribution in [0, 0.1) is 11.3 Å². The van der Waals surface area contributed by atoms with Gasteiger partial charge in [0.15, 0.2) is 17.7 Å². The Morgan fingerprint density at radius 2 is 1.90 bits per heavy atom. The van der Waals surface area contributed by atoms with Crippen molar-refractivity contribution in [3.8, 4) is 0 Å². The first-order chi connectivity index (χ1) is 19.9. The molecule has 2 N–H and O–H groups in total. The number of hydrogen-bond donors (Lipinski definition) is 2. The van der Waals surface area contributed by atoms with Crippen molar-refractivity contribution >= 4 is 22.7 Å². The van der Waals surface area contributed by atoms with Gasteiger partial charge in [0.1, 0.15) is 17.3 Å². The topological polar surface area (TPSA) is 110 Å². The van der Waals surface area contributed by atoms with E-state index in [0.29, 0.717) is 51.1 Å². The van der Waals surface area contributed by atoms with Gasteiger partial charge >= 0.3 is 5.97 Å². The van der Waals surface area contributed by atoms with Crippen molar-refractivity contribution in [2.24, 2.45) is 11.3 Å². The van der Waals surface area contributed by atoms with E-state index in [1.165, 1.54) is 10.9 Å². The van der Waals surface area contributed by atoms with Crippen LogP contribution >= 0.6 is 0 Å². The third kappa shape index (κ3) is 3.21. The molecule has 4 heterocycles. The van der Waals surface area contributed by atoms with Crippen LogP contribution in [0.5, 0.6) is 0 Å². The summed E-state index contributed by atoms with van der Waals surface area (Å²) in [7, 11) is 0. The van der Waals surface area contributed by atoms with Crippen molar-refractivity contribution in [1.82, 2.24) is 9.88 Å². The zero-order valence-corrected chi connectivity index (χ0v) is 24.8. The van der Waals surface area contributed by atoms with Crippen molar-refractivity contribution in [3.05, 3.63) is 47.2 Å². The number of fused-ring (bicyclic) bond motifs is 9. The minimum atomic E-state index is -1.70. The van der Waals surface area contributed by atoms with E-state index in [4.69, 9.17) is 18.9 Å². The van der Waals surface area contributed by atoms with Gasteiger partial charge in [-0.05, 0) is 56.7 Å². The first-order valence-corrected chi connectivity index (χ1v) is 15.4. The number of aliphatic hydroxyl groups is 1. The maximum atomic E-state index is 13.5. The Labute approximate surface area is 245 Å². The summed E-state index contributed by atoms with van der Waals surface area (Å²) in [6.45, 7) is 10.7. The van der Waals surface area contributed by atoms with Gasteiger partial charge in [0.2, 0.25) is 0 Å². The van der Waals surface area contributed by atoms with Crippen molar-refractivity contribution < 1.29 is 33.6 Å². The van der Waals surface area contributed by atoms with Crippen molar-refractivity contribution in [1.29, 1.82) is 0 Å². The molecule has 4 fully saturated rings. The van der Waals surface area contributed by atoms with Gasteiger partial charge in [0, 0.05) is 52.5 Å². The summed E-state index contributed by atoms with van der Waals surface area (Å²) in [5, 5.41) is 14.6. The number of ketones is 1. The Kier molecular flexibility index (Phi) is 5.49. The van der Waals surface area contributed by atoms with Gasteiger partial charge in [-0.2, -0.15) is 0 Å². The Morgan fingerprint density at radius 1 is 1.14 bits per heavy atom. The number of H-pyrrole nitrogens is 1. The van der Waals surface area contributed by atoms with Crippen molar-refractivity contribution in [3.63, 3.8) is 0 Å². The molecule has 6 aliphatic rings. The fourth-order valence-corrected chi connectivity index (χ4v) is 9.67. The molecule has 1 aromatic heterocycles. The van der Waals surface area contributed by atoms with Gasteiger partial charge in [-0.25, -0.2) is 0 Å². The van der Waals surface area contributed by atoms with E-state index in [-0.39, 0.29) is 24.2 Å². The highest BCUT2D eigenvalue weighted by molar-refractivity contribution is 5.97. The molecule has 0 amide bonds. The van der Waals surface area contributed by atoms with Crippen LogP contribution in [-0.2, 0) is 40.4 Å². The molecule has 0 radical (unpaired) electrons. The second kappa shape index (κ2) is 8.54. The van der Waals surface area contributed by atoms with Crippen LogP contribution in [0.2, 0.25) is 0 Å². The highest BCUT2D eigenvalue weighted by Crippen LogP contribution is 2.72. The van der Waals surface area contributed by atoms with E-state index in [1.807, 2.05) is 24.8 Å². The molecular formula is C33H40N2O7. The molecule has 42 heavy (non-hydrogen) atoms. The lowest BCUT2D eigenvalue weighted by Crippen LogP contribution is -2.75. The van der Waals surface area contributed by atoms with E-state index in [9.17, 15) is 14.7 Å². The molecule has 3 aliphatic carbocycles. The monoisotopic (exact) mass is 576 g/mol. The molecule has 9 heteroatoms. The minimum absolute atomic E-state index is 0.123. The summed E-state index contributed by atoms with van der Waals surface area (Å²) >= 11 is 0. The van der Waals surface area contributed by atoms with E-state index in [0.717, 1.165) is 17.6 Å². The number of carbonyl (C=O) groups excluding carboxylic acids is 2. The lowest BCUT2D eigenvalue weighted by atomic mass is 9.41. The Bertz CT molecular complexity index is 1540. The van der Waals surface area contributed by atoms with E-state index >= 15 is 0 Å². The number of hydrogen-bond acceptors (Lipinski definition) is 8. The van der Waals surface area contributed by atoms with Crippen molar-refractivity contribution in [2.45, 2.75) is 88.0 Å². The predicted molar refractivity (Wildman–Crippen MR) is 153 cm³/mol. The van der Waals surface area contributed by atoms with Crippen LogP contribution in [0.25, 0.3) is 10.9 Å². The molecule has 9 nitrogen and oxygen atoms in total. The Hall–Kier alpha value is -2.56. The number of esters is 1. The third-order valence-corrected chi connectivity index (χ3v) is 12.0. The molecule has 8 rings (SSSR count). The first-order valence-electron chi connectivity index (χ1n) is 15.4. The average molecular weight is 577 g/mol. The molecule has 3 unspecified atom stereocenters. The summed E-state index contributed by atoms with van der Waals surface area (Å²) < 4.78 is 24.8. The summed E-state index contributed by atoms with van der Waals surface area (Å²) in [6, 6.07) is 8.35. The molecule has 1 aromatic carbocycles. The maximum Gasteiger partial charge on any atom is 0.320 e. The van der Waals surface area contributed by atoms with Crippen LogP contribution < -0.4 is 0 Å². The van der Waals surface area contributed by atoms with Gasteiger partial charge in [0.05, 0.1) is 19.8 Å². The molecule has 1 spiro atoms. The number of nitrogens with zero attached hydrogens (tertiary/aromatic N) is 1. The fourth-order valence-electron chi connectivity index (χ4n) is 9.67. The van der Waals surface area contributed by atoms with E-state index < -0.39 is 40.0 Å². The number of para-hydroxylation sites is 1. The van der Waals surface area contributed by atoms with Gasteiger partial charge in [-0.15, -0.1) is 0 Å². The second-order valence-electron chi connectivity index (χ2n) is 14.2. The maximum absolute atomic E-state index is 13.5. The molecular weight excluding hydrogens is 536 g/mol. The van der Waals surface area contributed by atoms with Crippen LogP contribution in [-0.4, -0.2) is 88.8 Å². The van der Waals surface area contributed by atoms with Crippen LogP contribution in [0.1, 0.15) is 58.2 Å². The molecule has 2 saturated heterocycles. The fraction of sp³-hybridized carbons (Fsp3) is 0.636. The lowest BCUT2D eigenvalue weighted by Gasteiger charge is -2.67. The average Bonchev–Trinajstić information content (AvgIpc) is 3.54. The Balaban J connectivity index is 1.27. The SMILES string of the molecule is CC1(C)OC23CCC4(C)[C@@]5(C)c6[nH]c7ccccc7c6C[C@@H]5C[C@H](OC(=O)CN5CCOCC5)[C@@]4(O)C2=CC(=O)C1O3. The number of carbonyl (C=O) groups is 2. The molecule has 2 aromatic rings. The van der Waals surface area contributed by atoms with Gasteiger partial charge < -0.3 is 29.0 Å². The largest absolute Gasteiger partial charge is 0.458 e. The summed E-state index contributed by atoms with van der Waals surface area (Å²) in [5.41, 5.74) is 0.0623. The second-order valence-corrected chi connectivity index (χ2v) is 14.2. The highest BCUT2D eigenvalue weighted by Gasteiger charge is 2.78. The first kappa shape index (κ1) is 27.0. The van der Waals surface area contributed by atoms with Crippen molar-refractivity contribution in [2.75, 3.05) is 32.8 Å². The number of aromatic amines is 1. The molecule has 2 bridgehead atoms. The summed E-state index contributed by atoms with van der Waals surface area (Å²) in [4.78, 5) is 32.8. The standard InChI is InChI=1S/C33H40N2O7/c1-29(2)28-23(36)17-24-32(41-28,42-29)10-9-30(3)31(4)19(15-21-20-7-5-6-8-22(20)34-27(21)31)16-25(33(24,30)38)40-26(37)18-35-11-13-39-14-12-35/h5-8,17,19,25,28,34,38H,9-16,18H2,1-4H3/t19-,25+,28?,30?,31-,32?,33+/m1/s1. The number of benzene rings is 1. The molecule has 3 aliphatic heterocycles. The van der Waals surface area contributed by atoms with Crippen LogP contribution in [0.15, 0.2) is 35.9 Å². The predicted octanol–water partition coefficient (Wildman–Crippen LogP) is 3.18. The van der Waals surface area contributed by atoms with E-state index in [2.05, 4.69) is 37.0 Å². The summed E-state index contributed by atoms with van der Waals surface area (Å²) in [5.74, 6) is -1.71. The minimum Gasteiger partial charge on any atom is -0.458 e. The summed E-state index contributed by atoms with van der Waals surface area (Å²) in [6.07, 6.45) is 2.30. The number of ether oxygens (including phenoxy) is 4. The van der Waals surface area contributed by atoms with Gasteiger partial charge in [0.25, 0.3) is 0 Å². The highest BCUT2D eigenvalue weighted by atomic mass is 16.8. The normalized spacial score (nSPS) is 42.0. The number of nitrogens with one attached hydrogen (secondary N) is 1.